The number of nitrogens with one attached hydrogen (secondary N) is 1. The van der Waals surface area contributed by atoms with Gasteiger partial charge in [-0.3, -0.25) is 0 Å². The normalized spacial score (nSPS) is 11.7. The number of ether oxygens (including phenoxy) is 1. The summed E-state index contributed by atoms with van der Waals surface area (Å²) in [6, 6.07) is 8.68. The number of fused-ring (bicyclic) bond motifs is 1. The summed E-state index contributed by atoms with van der Waals surface area (Å²) in [6.07, 6.45) is -4.78. The molecule has 0 unspecified atom stereocenters. The molecule has 0 radical (unpaired) electrons. The van der Waals surface area contributed by atoms with Crippen molar-refractivity contribution < 1.29 is 22.3 Å². The van der Waals surface area contributed by atoms with Crippen molar-refractivity contribution in [1.82, 2.24) is 9.97 Å². The third-order valence-electron chi connectivity index (χ3n) is 3.05. The first-order valence-electron chi connectivity index (χ1n) is 6.37. The molecule has 0 aliphatic heterocycles. The minimum atomic E-state index is -4.78. The third kappa shape index (κ3) is 3.31. The van der Waals surface area contributed by atoms with Crippen molar-refractivity contribution >= 4 is 10.9 Å². The summed E-state index contributed by atoms with van der Waals surface area (Å²) in [5, 5.41) is 0.468. The lowest BCUT2D eigenvalue weighted by Crippen LogP contribution is -2.17. The van der Waals surface area contributed by atoms with Crippen LogP contribution in [-0.2, 0) is 0 Å². The Morgan fingerprint density at radius 3 is 2.39 bits per heavy atom. The van der Waals surface area contributed by atoms with Crippen LogP contribution in [-0.4, -0.2) is 16.3 Å². The van der Waals surface area contributed by atoms with Crippen molar-refractivity contribution in [3.05, 3.63) is 58.8 Å². The first-order chi connectivity index (χ1) is 10.8. The lowest BCUT2D eigenvalue weighted by molar-refractivity contribution is -0.274. The van der Waals surface area contributed by atoms with Gasteiger partial charge in [0.1, 0.15) is 11.6 Å². The zero-order chi connectivity index (χ0) is 16.6. The standard InChI is InChI=1S/C15H8F4N2O2/c16-9-3-6-11-12(7-9)20-14(22)21-13(11)8-1-4-10(5-2-8)23-15(17,18)19/h1-7H,(H,20,21,22). The van der Waals surface area contributed by atoms with Crippen molar-refractivity contribution in [2.45, 2.75) is 6.36 Å². The second kappa shape index (κ2) is 5.38. The maximum absolute atomic E-state index is 13.2. The molecule has 0 saturated carbocycles. The molecule has 0 atom stereocenters. The summed E-state index contributed by atoms with van der Waals surface area (Å²) < 4.78 is 53.5. The Hall–Kier alpha value is -2.90. The molecule has 1 heterocycles. The second-order valence-corrected chi connectivity index (χ2v) is 4.65. The van der Waals surface area contributed by atoms with Crippen LogP contribution in [0.25, 0.3) is 22.2 Å². The lowest BCUT2D eigenvalue weighted by atomic mass is 10.1. The van der Waals surface area contributed by atoms with Gasteiger partial charge in [-0.2, -0.15) is 4.98 Å². The second-order valence-electron chi connectivity index (χ2n) is 4.65. The number of benzene rings is 2. The number of aromatic nitrogens is 2. The van der Waals surface area contributed by atoms with Gasteiger partial charge >= 0.3 is 12.1 Å². The molecule has 4 nitrogen and oxygen atoms in total. The van der Waals surface area contributed by atoms with Gasteiger partial charge in [-0.05, 0) is 42.5 Å². The number of halogens is 4. The highest BCUT2D eigenvalue weighted by Crippen LogP contribution is 2.28. The quantitative estimate of drug-likeness (QED) is 0.733. The molecule has 0 amide bonds. The molecule has 1 aromatic heterocycles. The van der Waals surface area contributed by atoms with Crippen LogP contribution in [0.1, 0.15) is 0 Å². The van der Waals surface area contributed by atoms with Gasteiger partial charge in [0, 0.05) is 10.9 Å². The maximum Gasteiger partial charge on any atom is 0.573 e. The predicted molar refractivity (Wildman–Crippen MR) is 74.4 cm³/mol. The summed E-state index contributed by atoms with van der Waals surface area (Å²) >= 11 is 0. The van der Waals surface area contributed by atoms with E-state index in [4.69, 9.17) is 0 Å². The first-order valence-corrected chi connectivity index (χ1v) is 6.37. The minimum absolute atomic E-state index is 0.238. The highest BCUT2D eigenvalue weighted by atomic mass is 19.4. The zero-order valence-electron chi connectivity index (χ0n) is 11.3. The third-order valence-corrected chi connectivity index (χ3v) is 3.05. The van der Waals surface area contributed by atoms with Gasteiger partial charge in [0.25, 0.3) is 0 Å². The van der Waals surface area contributed by atoms with Crippen LogP contribution in [0.4, 0.5) is 17.6 Å². The molecule has 0 bridgehead atoms. The van der Waals surface area contributed by atoms with Crippen LogP contribution in [0.5, 0.6) is 5.75 Å². The van der Waals surface area contributed by atoms with Gasteiger partial charge < -0.3 is 9.72 Å². The Balaban J connectivity index is 2.08. The minimum Gasteiger partial charge on any atom is -0.406 e. The van der Waals surface area contributed by atoms with Gasteiger partial charge in [0.2, 0.25) is 0 Å². The van der Waals surface area contributed by atoms with E-state index in [1.54, 1.807) is 0 Å². The Labute approximate surface area is 126 Å². The monoisotopic (exact) mass is 324 g/mol. The predicted octanol–water partition coefficient (Wildman–Crippen LogP) is 3.63. The van der Waals surface area contributed by atoms with Crippen LogP contribution in [0, 0.1) is 5.82 Å². The number of alkyl halides is 3. The van der Waals surface area contributed by atoms with Crippen molar-refractivity contribution in [1.29, 1.82) is 0 Å². The number of aromatic amines is 1. The van der Waals surface area contributed by atoms with E-state index < -0.39 is 17.9 Å². The molecule has 3 rings (SSSR count). The van der Waals surface area contributed by atoms with Gasteiger partial charge in [-0.1, -0.05) is 0 Å². The summed E-state index contributed by atoms with van der Waals surface area (Å²) in [6.45, 7) is 0. The molecular weight excluding hydrogens is 316 g/mol. The fourth-order valence-corrected chi connectivity index (χ4v) is 2.17. The van der Waals surface area contributed by atoms with E-state index in [0.29, 0.717) is 10.9 Å². The van der Waals surface area contributed by atoms with Gasteiger partial charge in [-0.15, -0.1) is 13.2 Å². The van der Waals surface area contributed by atoms with Crippen LogP contribution >= 0.6 is 0 Å². The number of hydrogen-bond acceptors (Lipinski definition) is 3. The molecule has 1 N–H and O–H groups in total. The summed E-state index contributed by atoms with van der Waals surface area (Å²) in [5.41, 5.74) is 0.203. The summed E-state index contributed by atoms with van der Waals surface area (Å²) in [4.78, 5) is 17.8. The molecule has 2 aromatic carbocycles. The topological polar surface area (TPSA) is 55.0 Å². The molecule has 3 aromatic rings. The van der Waals surface area contributed by atoms with Crippen molar-refractivity contribution in [2.75, 3.05) is 0 Å². The lowest BCUT2D eigenvalue weighted by Gasteiger charge is -2.10. The average Bonchev–Trinajstić information content (AvgIpc) is 2.45. The highest BCUT2D eigenvalue weighted by Gasteiger charge is 2.31. The van der Waals surface area contributed by atoms with E-state index in [2.05, 4.69) is 14.7 Å². The zero-order valence-corrected chi connectivity index (χ0v) is 11.3. The van der Waals surface area contributed by atoms with E-state index in [1.807, 2.05) is 0 Å². The summed E-state index contributed by atoms with van der Waals surface area (Å²) in [7, 11) is 0. The van der Waals surface area contributed by atoms with E-state index in [9.17, 15) is 22.4 Å². The van der Waals surface area contributed by atoms with E-state index in [1.165, 1.54) is 24.3 Å². The Bertz CT molecular complexity index is 917. The molecule has 8 heteroatoms. The smallest absolute Gasteiger partial charge is 0.406 e. The molecule has 0 spiro atoms. The molecular formula is C15H8F4N2O2. The Morgan fingerprint density at radius 1 is 1.04 bits per heavy atom. The molecule has 118 valence electrons. The number of rotatable bonds is 2. The number of nitrogens with zero attached hydrogens (tertiary/aromatic N) is 1. The Kier molecular flexibility index (Phi) is 3.51. The van der Waals surface area contributed by atoms with E-state index in [0.717, 1.165) is 18.2 Å². The molecule has 0 fully saturated rings. The Morgan fingerprint density at radius 2 is 1.74 bits per heavy atom. The van der Waals surface area contributed by atoms with Crippen LogP contribution in [0.15, 0.2) is 47.3 Å². The number of hydrogen-bond donors (Lipinski definition) is 1. The van der Waals surface area contributed by atoms with E-state index in [-0.39, 0.29) is 17.0 Å². The van der Waals surface area contributed by atoms with Crippen LogP contribution in [0.3, 0.4) is 0 Å². The van der Waals surface area contributed by atoms with Crippen molar-refractivity contribution in [3.8, 4) is 17.0 Å². The first kappa shape index (κ1) is 15.0. The van der Waals surface area contributed by atoms with Crippen LogP contribution in [0.2, 0.25) is 0 Å². The van der Waals surface area contributed by atoms with Crippen molar-refractivity contribution in [2.24, 2.45) is 0 Å². The highest BCUT2D eigenvalue weighted by molar-refractivity contribution is 5.92. The largest absolute Gasteiger partial charge is 0.573 e. The van der Waals surface area contributed by atoms with E-state index >= 15 is 0 Å². The average molecular weight is 324 g/mol. The SMILES string of the molecule is O=c1nc(-c2ccc(OC(F)(F)F)cc2)c2ccc(F)cc2[nH]1. The molecule has 0 saturated heterocycles. The summed E-state index contributed by atoms with van der Waals surface area (Å²) in [5.74, 6) is -0.916. The van der Waals surface area contributed by atoms with Gasteiger partial charge in [-0.25, -0.2) is 9.18 Å². The maximum atomic E-state index is 13.2. The molecule has 0 aliphatic rings. The molecule has 23 heavy (non-hydrogen) atoms. The van der Waals surface area contributed by atoms with Gasteiger partial charge in [0.05, 0.1) is 11.2 Å². The fraction of sp³-hybridized carbons (Fsp3) is 0.0667. The van der Waals surface area contributed by atoms with Gasteiger partial charge in [0.15, 0.2) is 0 Å². The fourth-order valence-electron chi connectivity index (χ4n) is 2.17. The van der Waals surface area contributed by atoms with Crippen molar-refractivity contribution in [3.63, 3.8) is 0 Å². The molecule has 0 aliphatic carbocycles. The van der Waals surface area contributed by atoms with Crippen LogP contribution < -0.4 is 10.4 Å². The number of H-pyrrole nitrogens is 1.